The van der Waals surface area contributed by atoms with Crippen LogP contribution in [0.1, 0.15) is 45.2 Å². The normalized spacial score (nSPS) is 12.4. The molecule has 112 valence electrons. The maximum absolute atomic E-state index is 11.9. The van der Waals surface area contributed by atoms with Crippen molar-refractivity contribution in [1.82, 2.24) is 10.2 Å². The van der Waals surface area contributed by atoms with E-state index in [9.17, 15) is 4.79 Å². The molecule has 0 heterocycles. The fourth-order valence-electron chi connectivity index (χ4n) is 2.21. The zero-order valence-corrected chi connectivity index (χ0v) is 14.2. The molecule has 0 saturated carbocycles. The first-order valence-corrected chi connectivity index (χ1v) is 8.14. The number of carbonyl (C=O) groups excluding carboxylic acids is 1. The second-order valence-electron chi connectivity index (χ2n) is 5.02. The Balaban J connectivity index is 2.74. The van der Waals surface area contributed by atoms with Gasteiger partial charge in [0.15, 0.2) is 0 Å². The van der Waals surface area contributed by atoms with Crippen molar-refractivity contribution >= 4 is 21.8 Å². The summed E-state index contributed by atoms with van der Waals surface area (Å²) in [4.78, 5) is 14.2. The van der Waals surface area contributed by atoms with Crippen molar-refractivity contribution in [1.29, 1.82) is 0 Å². The SMILES string of the molecule is CCCNC(=O)CN(CCC)C(C)c1ccccc1Br. The smallest absolute Gasteiger partial charge is 0.234 e. The second-order valence-corrected chi connectivity index (χ2v) is 5.87. The average molecular weight is 341 g/mol. The lowest BCUT2D eigenvalue weighted by molar-refractivity contribution is -0.122. The first-order chi connectivity index (χ1) is 9.60. The van der Waals surface area contributed by atoms with E-state index in [1.54, 1.807) is 0 Å². The first kappa shape index (κ1) is 17.2. The summed E-state index contributed by atoms with van der Waals surface area (Å²) in [6.07, 6.45) is 2.01. The third kappa shape index (κ3) is 5.25. The predicted molar refractivity (Wildman–Crippen MR) is 87.7 cm³/mol. The molecule has 1 aromatic carbocycles. The third-order valence-corrected chi connectivity index (χ3v) is 4.05. The molecule has 0 aliphatic carbocycles. The first-order valence-electron chi connectivity index (χ1n) is 7.35. The lowest BCUT2D eigenvalue weighted by Gasteiger charge is -2.29. The van der Waals surface area contributed by atoms with Crippen LogP contribution in [0, 0.1) is 0 Å². The molecule has 1 amide bonds. The molecule has 1 unspecified atom stereocenters. The summed E-state index contributed by atoms with van der Waals surface area (Å²) in [5.74, 6) is 0.110. The molecule has 0 fully saturated rings. The number of nitrogens with one attached hydrogen (secondary N) is 1. The highest BCUT2D eigenvalue weighted by Crippen LogP contribution is 2.27. The van der Waals surface area contributed by atoms with Gasteiger partial charge in [0.25, 0.3) is 0 Å². The third-order valence-electron chi connectivity index (χ3n) is 3.33. The van der Waals surface area contributed by atoms with Crippen LogP contribution in [0.3, 0.4) is 0 Å². The van der Waals surface area contributed by atoms with Crippen LogP contribution in [0.4, 0.5) is 0 Å². The van der Waals surface area contributed by atoms with E-state index in [-0.39, 0.29) is 11.9 Å². The van der Waals surface area contributed by atoms with Crippen LogP contribution in [-0.2, 0) is 4.79 Å². The van der Waals surface area contributed by atoms with Crippen LogP contribution in [0.2, 0.25) is 0 Å². The van der Waals surface area contributed by atoms with Gasteiger partial charge in [-0.25, -0.2) is 0 Å². The molecule has 1 rings (SSSR count). The Morgan fingerprint density at radius 1 is 1.30 bits per heavy atom. The molecular weight excluding hydrogens is 316 g/mol. The van der Waals surface area contributed by atoms with E-state index in [2.05, 4.69) is 53.0 Å². The fraction of sp³-hybridized carbons (Fsp3) is 0.562. The molecule has 0 bridgehead atoms. The number of rotatable bonds is 8. The molecule has 3 nitrogen and oxygen atoms in total. The highest BCUT2D eigenvalue weighted by atomic mass is 79.9. The summed E-state index contributed by atoms with van der Waals surface area (Å²) in [5.41, 5.74) is 1.23. The Morgan fingerprint density at radius 2 is 2.00 bits per heavy atom. The summed E-state index contributed by atoms with van der Waals surface area (Å²) >= 11 is 3.60. The number of benzene rings is 1. The van der Waals surface area contributed by atoms with Crippen molar-refractivity contribution in [3.8, 4) is 0 Å². The summed E-state index contributed by atoms with van der Waals surface area (Å²) in [5, 5.41) is 2.95. The Kier molecular flexibility index (Phi) is 7.85. The Hall–Kier alpha value is -0.870. The minimum absolute atomic E-state index is 0.110. The highest BCUT2D eigenvalue weighted by molar-refractivity contribution is 9.10. The van der Waals surface area contributed by atoms with Crippen LogP contribution in [0.5, 0.6) is 0 Å². The molecule has 0 spiro atoms. The number of amides is 1. The van der Waals surface area contributed by atoms with Crippen molar-refractivity contribution in [3.05, 3.63) is 34.3 Å². The zero-order chi connectivity index (χ0) is 15.0. The largest absolute Gasteiger partial charge is 0.355 e. The lowest BCUT2D eigenvalue weighted by Crippen LogP contribution is -2.39. The molecule has 0 aromatic heterocycles. The van der Waals surface area contributed by atoms with E-state index in [1.165, 1.54) is 5.56 Å². The Morgan fingerprint density at radius 3 is 2.60 bits per heavy atom. The van der Waals surface area contributed by atoms with E-state index in [4.69, 9.17) is 0 Å². The van der Waals surface area contributed by atoms with Crippen molar-refractivity contribution in [2.45, 2.75) is 39.7 Å². The molecule has 1 N–H and O–H groups in total. The van der Waals surface area contributed by atoms with Gasteiger partial charge in [-0.3, -0.25) is 9.69 Å². The maximum Gasteiger partial charge on any atom is 0.234 e. The molecular formula is C16H25BrN2O. The maximum atomic E-state index is 11.9. The minimum Gasteiger partial charge on any atom is -0.355 e. The van der Waals surface area contributed by atoms with Gasteiger partial charge in [0.1, 0.15) is 0 Å². The van der Waals surface area contributed by atoms with E-state index < -0.39 is 0 Å². The Bertz CT molecular complexity index is 423. The topological polar surface area (TPSA) is 32.3 Å². The minimum atomic E-state index is 0.110. The van der Waals surface area contributed by atoms with Gasteiger partial charge in [-0.05, 0) is 37.9 Å². The second kappa shape index (κ2) is 9.14. The van der Waals surface area contributed by atoms with E-state index >= 15 is 0 Å². The van der Waals surface area contributed by atoms with Gasteiger partial charge >= 0.3 is 0 Å². The van der Waals surface area contributed by atoms with Gasteiger partial charge in [0.2, 0.25) is 5.91 Å². The number of carbonyl (C=O) groups is 1. The quantitative estimate of drug-likeness (QED) is 0.781. The molecule has 4 heteroatoms. The molecule has 1 atom stereocenters. The van der Waals surface area contributed by atoms with Crippen molar-refractivity contribution < 1.29 is 4.79 Å². The van der Waals surface area contributed by atoms with Crippen molar-refractivity contribution in [2.75, 3.05) is 19.6 Å². The van der Waals surface area contributed by atoms with Gasteiger partial charge in [0, 0.05) is 17.1 Å². The lowest BCUT2D eigenvalue weighted by atomic mass is 10.1. The van der Waals surface area contributed by atoms with E-state index in [1.807, 2.05) is 18.2 Å². The number of halogens is 1. The van der Waals surface area contributed by atoms with Crippen molar-refractivity contribution in [2.24, 2.45) is 0 Å². The summed E-state index contributed by atoms with van der Waals surface area (Å²) < 4.78 is 1.10. The monoisotopic (exact) mass is 340 g/mol. The molecule has 0 aliphatic rings. The van der Waals surface area contributed by atoms with Crippen LogP contribution in [0.15, 0.2) is 28.7 Å². The van der Waals surface area contributed by atoms with Gasteiger partial charge < -0.3 is 5.32 Å². The summed E-state index contributed by atoms with van der Waals surface area (Å²) in [7, 11) is 0. The number of nitrogens with zero attached hydrogens (tertiary/aromatic N) is 1. The van der Waals surface area contributed by atoms with Crippen LogP contribution < -0.4 is 5.32 Å². The van der Waals surface area contributed by atoms with Gasteiger partial charge in [0.05, 0.1) is 6.54 Å². The Labute approximate surface area is 130 Å². The molecule has 0 radical (unpaired) electrons. The van der Waals surface area contributed by atoms with Crippen molar-refractivity contribution in [3.63, 3.8) is 0 Å². The van der Waals surface area contributed by atoms with Crippen LogP contribution >= 0.6 is 15.9 Å². The van der Waals surface area contributed by atoms with Gasteiger partial charge in [-0.1, -0.05) is 48.0 Å². The molecule has 0 saturated heterocycles. The highest BCUT2D eigenvalue weighted by Gasteiger charge is 2.19. The zero-order valence-electron chi connectivity index (χ0n) is 12.7. The molecule has 0 aliphatic heterocycles. The average Bonchev–Trinajstić information content (AvgIpc) is 2.44. The molecule has 1 aromatic rings. The fourth-order valence-corrected chi connectivity index (χ4v) is 2.83. The van der Waals surface area contributed by atoms with Crippen LogP contribution in [-0.4, -0.2) is 30.4 Å². The predicted octanol–water partition coefficient (Wildman–Crippen LogP) is 3.75. The molecule has 20 heavy (non-hydrogen) atoms. The van der Waals surface area contributed by atoms with Gasteiger partial charge in [-0.2, -0.15) is 0 Å². The number of hydrogen-bond donors (Lipinski definition) is 1. The van der Waals surface area contributed by atoms with Gasteiger partial charge in [-0.15, -0.1) is 0 Å². The summed E-state index contributed by atoms with van der Waals surface area (Å²) in [6, 6.07) is 8.43. The van der Waals surface area contributed by atoms with E-state index in [0.29, 0.717) is 6.54 Å². The summed E-state index contributed by atoms with van der Waals surface area (Å²) in [6.45, 7) is 8.49. The number of hydrogen-bond acceptors (Lipinski definition) is 2. The standard InChI is InChI=1S/C16H25BrN2O/c1-4-10-18-16(20)12-19(11-5-2)13(3)14-8-6-7-9-15(14)17/h6-9,13H,4-5,10-12H2,1-3H3,(H,18,20). The van der Waals surface area contributed by atoms with E-state index in [0.717, 1.165) is 30.4 Å². The van der Waals surface area contributed by atoms with Crippen LogP contribution in [0.25, 0.3) is 0 Å².